The topological polar surface area (TPSA) is 139 Å². The first-order valence-electron chi connectivity index (χ1n) is 17.2. The minimum absolute atomic E-state index is 0.0725. The van der Waals surface area contributed by atoms with Gasteiger partial charge in [-0.1, -0.05) is 84.9 Å². The standard InChI is InChI=1S/C42H46F2N2O6/c1-41(2,35(47)25-33(45)23-27-11-7-5-8-12-27)37(29-15-19-31(43)20-16-29)51-39(49)40(50)52-38(30-17-21-32(44)22-18-30)42(3,4)36(48)26-34(46)24-28-13-9-6-10-14-28/h5-22,33-34,37-38H,23-26,45-46H2,1-4H3. The lowest BCUT2D eigenvalue weighted by molar-refractivity contribution is -0.183. The zero-order chi connectivity index (χ0) is 38.1. The van der Waals surface area contributed by atoms with Gasteiger partial charge in [0, 0.05) is 24.9 Å². The maximum Gasteiger partial charge on any atom is 0.418 e. The summed E-state index contributed by atoms with van der Waals surface area (Å²) in [7, 11) is 0. The van der Waals surface area contributed by atoms with E-state index in [2.05, 4.69) is 0 Å². The number of Topliss-reactive ketones (excluding diaryl/α,β-unsaturated/α-hetero) is 2. The summed E-state index contributed by atoms with van der Waals surface area (Å²) < 4.78 is 39.3. The third-order valence-electron chi connectivity index (χ3n) is 9.29. The Morgan fingerprint density at radius 3 is 1.15 bits per heavy atom. The van der Waals surface area contributed by atoms with Gasteiger partial charge in [0.1, 0.15) is 35.4 Å². The van der Waals surface area contributed by atoms with Crippen LogP contribution in [0.15, 0.2) is 109 Å². The molecule has 0 aliphatic heterocycles. The van der Waals surface area contributed by atoms with Gasteiger partial charge in [0.15, 0.2) is 0 Å². The molecule has 8 nitrogen and oxygen atoms in total. The third kappa shape index (κ3) is 10.5. The second-order valence-electron chi connectivity index (χ2n) is 14.3. The summed E-state index contributed by atoms with van der Waals surface area (Å²) in [4.78, 5) is 54.6. The van der Waals surface area contributed by atoms with E-state index in [-0.39, 0.29) is 35.5 Å². The quantitative estimate of drug-likeness (QED) is 0.0941. The highest BCUT2D eigenvalue weighted by molar-refractivity contribution is 6.29. The Morgan fingerprint density at radius 2 is 0.846 bits per heavy atom. The van der Waals surface area contributed by atoms with Gasteiger partial charge in [0.05, 0.1) is 10.8 Å². The van der Waals surface area contributed by atoms with E-state index < -0.39 is 58.7 Å². The summed E-state index contributed by atoms with van der Waals surface area (Å²) in [5.74, 6) is -4.71. The zero-order valence-electron chi connectivity index (χ0n) is 29.9. The molecule has 0 bridgehead atoms. The molecule has 52 heavy (non-hydrogen) atoms. The Kier molecular flexibility index (Phi) is 13.3. The SMILES string of the molecule is CC(C)(C(=O)CC(N)Cc1ccccc1)C(OC(=O)C(=O)OC(c1ccc(F)cc1)C(C)(C)C(=O)CC(N)Cc1ccccc1)c1ccc(F)cc1. The van der Waals surface area contributed by atoms with E-state index in [1.165, 1.54) is 24.3 Å². The number of halogens is 2. The number of esters is 2. The van der Waals surface area contributed by atoms with Crippen LogP contribution < -0.4 is 11.5 Å². The maximum atomic E-state index is 13.9. The highest BCUT2D eigenvalue weighted by Gasteiger charge is 2.45. The Labute approximate surface area is 303 Å². The van der Waals surface area contributed by atoms with Crippen LogP contribution >= 0.6 is 0 Å². The molecule has 4 aromatic carbocycles. The van der Waals surface area contributed by atoms with Crippen molar-refractivity contribution in [1.29, 1.82) is 0 Å². The van der Waals surface area contributed by atoms with Crippen LogP contribution in [0.1, 0.15) is 75.0 Å². The average Bonchev–Trinajstić information content (AvgIpc) is 3.10. The molecule has 0 amide bonds. The number of carbonyl (C=O) groups is 4. The van der Waals surface area contributed by atoms with Crippen molar-refractivity contribution in [1.82, 2.24) is 0 Å². The van der Waals surface area contributed by atoms with Crippen molar-refractivity contribution in [3.8, 4) is 0 Å². The first kappa shape index (κ1) is 39.7. The molecule has 0 radical (unpaired) electrons. The number of ether oxygens (including phenoxy) is 2. The summed E-state index contributed by atoms with van der Waals surface area (Å²) in [5, 5.41) is 0. The number of carbonyl (C=O) groups excluding carboxylic acids is 4. The van der Waals surface area contributed by atoms with Crippen molar-refractivity contribution in [3.63, 3.8) is 0 Å². The lowest BCUT2D eigenvalue weighted by Crippen LogP contribution is -2.41. The lowest BCUT2D eigenvalue weighted by atomic mass is 9.76. The highest BCUT2D eigenvalue weighted by atomic mass is 19.1. The Bertz CT molecular complexity index is 1680. The van der Waals surface area contributed by atoms with Crippen LogP contribution in [0.5, 0.6) is 0 Å². The normalized spacial score (nSPS) is 14.1. The van der Waals surface area contributed by atoms with Gasteiger partial charge < -0.3 is 20.9 Å². The van der Waals surface area contributed by atoms with E-state index in [1.807, 2.05) is 60.7 Å². The number of nitrogens with two attached hydrogens (primary N) is 2. The Morgan fingerprint density at radius 1 is 0.538 bits per heavy atom. The van der Waals surface area contributed by atoms with E-state index in [0.717, 1.165) is 35.4 Å². The molecule has 4 atom stereocenters. The molecule has 4 rings (SSSR count). The number of rotatable bonds is 16. The fraction of sp³-hybridized carbons (Fsp3) is 0.333. The molecule has 0 spiro atoms. The Hall–Kier alpha value is -5.06. The van der Waals surface area contributed by atoms with Gasteiger partial charge in [-0.2, -0.15) is 0 Å². The monoisotopic (exact) mass is 712 g/mol. The summed E-state index contributed by atoms with van der Waals surface area (Å²) in [6, 6.07) is 27.8. The molecule has 0 aliphatic rings. The number of ketones is 2. The molecule has 0 heterocycles. The molecule has 0 saturated carbocycles. The summed E-state index contributed by atoms with van der Waals surface area (Å²) in [6.45, 7) is 6.22. The summed E-state index contributed by atoms with van der Waals surface area (Å²) >= 11 is 0. The molecule has 0 aromatic heterocycles. The molecular formula is C42H46F2N2O6. The minimum Gasteiger partial charge on any atom is -0.448 e. The van der Waals surface area contributed by atoms with Crippen LogP contribution in [-0.4, -0.2) is 35.6 Å². The van der Waals surface area contributed by atoms with Gasteiger partial charge in [-0.25, -0.2) is 18.4 Å². The van der Waals surface area contributed by atoms with Crippen molar-refractivity contribution in [3.05, 3.63) is 143 Å². The fourth-order valence-electron chi connectivity index (χ4n) is 6.12. The Balaban J connectivity index is 1.56. The van der Waals surface area contributed by atoms with Crippen LogP contribution in [0.3, 0.4) is 0 Å². The third-order valence-corrected chi connectivity index (χ3v) is 9.29. The summed E-state index contributed by atoms with van der Waals surface area (Å²) in [5.41, 5.74) is 12.3. The minimum atomic E-state index is -1.44. The molecule has 4 N–H and O–H groups in total. The molecule has 4 aromatic rings. The number of hydrogen-bond acceptors (Lipinski definition) is 8. The van der Waals surface area contributed by atoms with Gasteiger partial charge in [-0.3, -0.25) is 9.59 Å². The first-order valence-corrected chi connectivity index (χ1v) is 17.2. The van der Waals surface area contributed by atoms with Gasteiger partial charge in [-0.05, 0) is 87.1 Å². The molecule has 10 heteroatoms. The van der Waals surface area contributed by atoms with E-state index in [0.29, 0.717) is 12.8 Å². The highest BCUT2D eigenvalue weighted by Crippen LogP contribution is 2.41. The van der Waals surface area contributed by atoms with Crippen molar-refractivity contribution >= 4 is 23.5 Å². The number of benzene rings is 4. The van der Waals surface area contributed by atoms with E-state index in [9.17, 15) is 28.0 Å². The average molecular weight is 713 g/mol. The zero-order valence-corrected chi connectivity index (χ0v) is 29.9. The van der Waals surface area contributed by atoms with Crippen LogP contribution in [0.2, 0.25) is 0 Å². The first-order chi connectivity index (χ1) is 24.6. The smallest absolute Gasteiger partial charge is 0.418 e. The van der Waals surface area contributed by atoms with Crippen LogP contribution in [-0.2, 0) is 41.5 Å². The van der Waals surface area contributed by atoms with E-state index >= 15 is 0 Å². The van der Waals surface area contributed by atoms with Crippen molar-refractivity contribution in [2.75, 3.05) is 0 Å². The molecular weight excluding hydrogens is 666 g/mol. The number of hydrogen-bond donors (Lipinski definition) is 2. The van der Waals surface area contributed by atoms with Crippen molar-refractivity contribution in [2.24, 2.45) is 22.3 Å². The van der Waals surface area contributed by atoms with Crippen LogP contribution in [0.4, 0.5) is 8.78 Å². The predicted molar refractivity (Wildman–Crippen MR) is 194 cm³/mol. The van der Waals surface area contributed by atoms with Gasteiger partial charge in [0.25, 0.3) is 0 Å². The maximum absolute atomic E-state index is 13.9. The second kappa shape index (κ2) is 17.4. The van der Waals surface area contributed by atoms with Crippen molar-refractivity contribution in [2.45, 2.75) is 77.7 Å². The summed E-state index contributed by atoms with van der Waals surface area (Å²) in [6.07, 6.45) is -1.99. The molecule has 0 aliphatic carbocycles. The van der Waals surface area contributed by atoms with Gasteiger partial charge in [0.2, 0.25) is 0 Å². The second-order valence-corrected chi connectivity index (χ2v) is 14.3. The predicted octanol–water partition coefficient (Wildman–Crippen LogP) is 6.94. The van der Waals surface area contributed by atoms with Crippen LogP contribution in [0, 0.1) is 22.5 Å². The van der Waals surface area contributed by atoms with Crippen molar-refractivity contribution < 1.29 is 37.4 Å². The lowest BCUT2D eigenvalue weighted by Gasteiger charge is -2.35. The van der Waals surface area contributed by atoms with E-state index in [1.54, 1.807) is 27.7 Å². The fourth-order valence-corrected chi connectivity index (χ4v) is 6.12. The molecule has 0 saturated heterocycles. The van der Waals surface area contributed by atoms with Gasteiger partial charge >= 0.3 is 11.9 Å². The van der Waals surface area contributed by atoms with E-state index in [4.69, 9.17) is 20.9 Å². The molecule has 274 valence electrons. The van der Waals surface area contributed by atoms with Crippen LogP contribution in [0.25, 0.3) is 0 Å². The molecule has 4 unspecified atom stereocenters. The largest absolute Gasteiger partial charge is 0.448 e. The molecule has 0 fully saturated rings. The van der Waals surface area contributed by atoms with Gasteiger partial charge in [-0.15, -0.1) is 0 Å².